The van der Waals surface area contributed by atoms with E-state index in [1.54, 1.807) is 0 Å². The van der Waals surface area contributed by atoms with Gasteiger partial charge < -0.3 is 0 Å². The number of hydrogen-bond acceptors (Lipinski definition) is 6. The average molecular weight is 310 g/mol. The molecular weight excluding hydrogens is 296 g/mol. The maximum atomic E-state index is 11.5. The molecule has 0 fully saturated rings. The smallest absolute Gasteiger partial charge is 0.260 e. The van der Waals surface area contributed by atoms with E-state index in [1.165, 1.54) is 0 Å². The monoisotopic (exact) mass is 310 g/mol. The molecule has 0 aromatic carbocycles. The first kappa shape index (κ1) is 17.3. The van der Waals surface area contributed by atoms with Gasteiger partial charge >= 0.3 is 0 Å². The SMILES string of the molecule is C=CS(=O)(=O)N(CN(C(C)=O)S(=O)(=O)C=C)C(C)=O. The average Bonchev–Trinajstić information content (AvgIpc) is 2.27. The molecular formula is C9H14N2O6S2. The van der Waals surface area contributed by atoms with Crippen molar-refractivity contribution in [1.82, 2.24) is 8.61 Å². The summed E-state index contributed by atoms with van der Waals surface area (Å²) in [6, 6.07) is 0. The Bertz CT molecular complexity index is 551. The van der Waals surface area contributed by atoms with Crippen molar-refractivity contribution in [2.24, 2.45) is 0 Å². The van der Waals surface area contributed by atoms with Gasteiger partial charge in [-0.15, -0.1) is 0 Å². The van der Waals surface area contributed by atoms with E-state index in [4.69, 9.17) is 0 Å². The van der Waals surface area contributed by atoms with Gasteiger partial charge in [0.05, 0.1) is 0 Å². The number of sulfonamides is 2. The van der Waals surface area contributed by atoms with Gasteiger partial charge in [-0.1, -0.05) is 13.2 Å². The van der Waals surface area contributed by atoms with Crippen LogP contribution in [0.25, 0.3) is 0 Å². The minimum absolute atomic E-state index is 0.211. The van der Waals surface area contributed by atoms with Gasteiger partial charge in [0, 0.05) is 24.7 Å². The van der Waals surface area contributed by atoms with Gasteiger partial charge in [0.2, 0.25) is 11.8 Å². The highest BCUT2D eigenvalue weighted by Crippen LogP contribution is 2.10. The Balaban J connectivity index is 5.69. The Morgan fingerprint density at radius 3 is 1.32 bits per heavy atom. The minimum Gasteiger partial charge on any atom is -0.274 e. The Hall–Kier alpha value is -1.68. The van der Waals surface area contributed by atoms with E-state index in [0.717, 1.165) is 13.8 Å². The van der Waals surface area contributed by atoms with Gasteiger partial charge in [-0.05, 0) is 0 Å². The Kier molecular flexibility index (Phi) is 5.45. The summed E-state index contributed by atoms with van der Waals surface area (Å²) >= 11 is 0. The standard InChI is InChI=1S/C9H14N2O6S2/c1-5-18(14,15)10(8(3)12)7-11(9(4)13)19(16,17)6-2/h5-6H,1-2,7H2,3-4H3. The summed E-state index contributed by atoms with van der Waals surface area (Å²) in [6.07, 6.45) is 0. The van der Waals surface area contributed by atoms with Crippen LogP contribution in [-0.4, -0.2) is 43.9 Å². The highest BCUT2D eigenvalue weighted by Gasteiger charge is 2.30. The largest absolute Gasteiger partial charge is 0.274 e. The van der Waals surface area contributed by atoms with Crippen molar-refractivity contribution in [2.45, 2.75) is 13.8 Å². The van der Waals surface area contributed by atoms with Crippen molar-refractivity contribution in [3.63, 3.8) is 0 Å². The molecule has 10 heteroatoms. The number of carbonyl (C=O) groups excluding carboxylic acids is 2. The van der Waals surface area contributed by atoms with Crippen LogP contribution in [0, 0.1) is 0 Å². The zero-order valence-electron chi connectivity index (χ0n) is 10.4. The molecule has 0 N–H and O–H groups in total. The lowest BCUT2D eigenvalue weighted by atomic mass is 10.6. The molecule has 0 saturated carbocycles. The molecule has 0 heterocycles. The van der Waals surface area contributed by atoms with Crippen LogP contribution in [0.15, 0.2) is 24.0 Å². The number of nitrogens with zero attached hydrogens (tertiary/aromatic N) is 2. The van der Waals surface area contributed by atoms with Crippen LogP contribution < -0.4 is 0 Å². The first-order chi connectivity index (χ1) is 8.49. The number of amides is 2. The van der Waals surface area contributed by atoms with E-state index in [-0.39, 0.29) is 8.61 Å². The van der Waals surface area contributed by atoms with Gasteiger partial charge in [0.25, 0.3) is 20.0 Å². The first-order valence-corrected chi connectivity index (χ1v) is 7.81. The zero-order valence-corrected chi connectivity index (χ0v) is 12.1. The van der Waals surface area contributed by atoms with E-state index >= 15 is 0 Å². The Labute approximate surface area is 112 Å². The lowest BCUT2D eigenvalue weighted by Gasteiger charge is -2.26. The molecule has 2 amide bonds. The predicted octanol–water partition coefficient (Wildman–Crippen LogP) is -0.412. The van der Waals surface area contributed by atoms with Gasteiger partial charge in [-0.25, -0.2) is 25.4 Å². The molecule has 108 valence electrons. The molecule has 0 bridgehead atoms. The molecule has 0 aliphatic rings. The van der Waals surface area contributed by atoms with E-state index in [2.05, 4.69) is 13.2 Å². The normalized spacial score (nSPS) is 11.5. The molecule has 19 heavy (non-hydrogen) atoms. The zero-order chi connectivity index (χ0) is 15.4. The fourth-order valence-corrected chi connectivity index (χ4v) is 2.72. The third-order valence-corrected chi connectivity index (χ3v) is 4.81. The van der Waals surface area contributed by atoms with Crippen molar-refractivity contribution in [1.29, 1.82) is 0 Å². The molecule has 0 saturated heterocycles. The lowest BCUT2D eigenvalue weighted by Crippen LogP contribution is -2.46. The van der Waals surface area contributed by atoms with Crippen LogP contribution in [-0.2, 0) is 29.6 Å². The number of carbonyl (C=O) groups is 2. The number of rotatable bonds is 6. The second-order valence-electron chi connectivity index (χ2n) is 3.30. The van der Waals surface area contributed by atoms with E-state index in [9.17, 15) is 26.4 Å². The molecule has 0 unspecified atom stereocenters. The van der Waals surface area contributed by atoms with Crippen molar-refractivity contribution < 1.29 is 26.4 Å². The second-order valence-corrected chi connectivity index (χ2v) is 6.91. The van der Waals surface area contributed by atoms with Crippen LogP contribution >= 0.6 is 0 Å². The van der Waals surface area contributed by atoms with Crippen LogP contribution in [0.5, 0.6) is 0 Å². The van der Waals surface area contributed by atoms with Crippen molar-refractivity contribution in [3.05, 3.63) is 24.0 Å². The predicted molar refractivity (Wildman–Crippen MR) is 68.1 cm³/mol. The first-order valence-electron chi connectivity index (χ1n) is 4.81. The van der Waals surface area contributed by atoms with E-state index < -0.39 is 38.5 Å². The number of hydrogen-bond donors (Lipinski definition) is 0. The summed E-state index contributed by atoms with van der Waals surface area (Å²) in [5.41, 5.74) is 0. The Morgan fingerprint density at radius 2 is 1.16 bits per heavy atom. The third kappa shape index (κ3) is 4.17. The van der Waals surface area contributed by atoms with Crippen LogP contribution in [0.3, 0.4) is 0 Å². The maximum absolute atomic E-state index is 11.5. The topological polar surface area (TPSA) is 109 Å². The molecule has 0 spiro atoms. The molecule has 0 aromatic rings. The van der Waals surface area contributed by atoms with Gasteiger partial charge in [0.1, 0.15) is 6.67 Å². The molecule has 0 aromatic heterocycles. The lowest BCUT2D eigenvalue weighted by molar-refractivity contribution is -0.128. The second kappa shape index (κ2) is 5.97. The van der Waals surface area contributed by atoms with E-state index in [0.29, 0.717) is 10.8 Å². The van der Waals surface area contributed by atoms with Crippen LogP contribution in [0.4, 0.5) is 0 Å². The quantitative estimate of drug-likeness (QED) is 0.617. The van der Waals surface area contributed by atoms with Gasteiger partial charge in [-0.3, -0.25) is 9.59 Å². The Morgan fingerprint density at radius 1 is 0.895 bits per heavy atom. The molecule has 0 rings (SSSR count). The third-order valence-electron chi connectivity index (χ3n) is 1.99. The summed E-state index contributed by atoms with van der Waals surface area (Å²) < 4.78 is 46.6. The van der Waals surface area contributed by atoms with Crippen molar-refractivity contribution in [2.75, 3.05) is 6.67 Å². The highest BCUT2D eigenvalue weighted by atomic mass is 32.2. The van der Waals surface area contributed by atoms with Crippen LogP contribution in [0.2, 0.25) is 0 Å². The highest BCUT2D eigenvalue weighted by molar-refractivity contribution is 7.93. The minimum atomic E-state index is -4.20. The summed E-state index contributed by atoms with van der Waals surface area (Å²) in [5.74, 6) is -1.91. The molecule has 0 aliphatic heterocycles. The fraction of sp³-hybridized carbons (Fsp3) is 0.333. The summed E-state index contributed by atoms with van der Waals surface area (Å²) in [5, 5.41) is 0.959. The summed E-state index contributed by atoms with van der Waals surface area (Å²) in [6.45, 7) is 6.90. The summed E-state index contributed by atoms with van der Waals surface area (Å²) in [4.78, 5) is 22.5. The fourth-order valence-electron chi connectivity index (χ4n) is 1.02. The van der Waals surface area contributed by atoms with Crippen molar-refractivity contribution >= 4 is 31.9 Å². The molecule has 8 nitrogen and oxygen atoms in total. The van der Waals surface area contributed by atoms with Crippen LogP contribution in [0.1, 0.15) is 13.8 Å². The maximum Gasteiger partial charge on any atom is 0.260 e. The van der Waals surface area contributed by atoms with Crippen molar-refractivity contribution in [3.8, 4) is 0 Å². The van der Waals surface area contributed by atoms with E-state index in [1.807, 2.05) is 0 Å². The summed E-state index contributed by atoms with van der Waals surface area (Å²) in [7, 11) is -8.40. The molecule has 0 atom stereocenters. The molecule has 0 radical (unpaired) electrons. The van der Waals surface area contributed by atoms with Gasteiger partial charge in [-0.2, -0.15) is 0 Å². The van der Waals surface area contributed by atoms with Gasteiger partial charge in [0.15, 0.2) is 0 Å². The molecule has 0 aliphatic carbocycles.